The van der Waals surface area contributed by atoms with E-state index < -0.39 is 17.4 Å². The number of aliphatic carboxylic acids is 1. The number of rotatable bonds is 7. The van der Waals surface area contributed by atoms with Crippen LogP contribution in [0, 0.1) is 5.41 Å². The van der Waals surface area contributed by atoms with Crippen molar-refractivity contribution in [2.24, 2.45) is 11.1 Å². The Kier molecular flexibility index (Phi) is 6.80. The van der Waals surface area contributed by atoms with E-state index in [2.05, 4.69) is 5.32 Å². The van der Waals surface area contributed by atoms with Gasteiger partial charge in [-0.2, -0.15) is 0 Å². The average Bonchev–Trinajstić information content (AvgIpc) is 2.19. The van der Waals surface area contributed by atoms with Gasteiger partial charge in [0.2, 0.25) is 5.91 Å². The maximum Gasteiger partial charge on any atom is 0.326 e. The molecule has 17 heavy (non-hydrogen) atoms. The van der Waals surface area contributed by atoms with E-state index in [-0.39, 0.29) is 5.91 Å². The number of nitrogens with two attached hydrogens (primary N) is 1. The van der Waals surface area contributed by atoms with Crippen LogP contribution in [-0.4, -0.2) is 29.6 Å². The molecule has 0 aliphatic carbocycles. The van der Waals surface area contributed by atoms with Gasteiger partial charge in [-0.25, -0.2) is 4.79 Å². The molecular weight excluding hydrogens is 220 g/mol. The Bertz CT molecular complexity index is 259. The van der Waals surface area contributed by atoms with Crippen LogP contribution in [0.3, 0.4) is 0 Å². The highest BCUT2D eigenvalue weighted by atomic mass is 16.4. The van der Waals surface area contributed by atoms with Crippen LogP contribution in [0.4, 0.5) is 0 Å². The fraction of sp³-hybridized carbons (Fsp3) is 0.833. The minimum Gasteiger partial charge on any atom is -0.480 e. The number of hydrogen-bond donors (Lipinski definition) is 3. The number of unbranched alkanes of at least 4 members (excludes halogenated alkanes) is 2. The zero-order valence-corrected chi connectivity index (χ0v) is 11.0. The van der Waals surface area contributed by atoms with Gasteiger partial charge >= 0.3 is 5.97 Å². The number of nitrogens with one attached hydrogen (secondary N) is 1. The molecule has 0 aliphatic heterocycles. The predicted molar refractivity (Wildman–Crippen MR) is 66.5 cm³/mol. The number of hydrogen-bond acceptors (Lipinski definition) is 3. The third-order valence-corrected chi connectivity index (χ3v) is 2.53. The predicted octanol–water partition coefficient (Wildman–Crippen LogP) is 1.12. The van der Waals surface area contributed by atoms with Gasteiger partial charge in [-0.3, -0.25) is 4.79 Å². The van der Waals surface area contributed by atoms with Crippen LogP contribution in [0.25, 0.3) is 0 Å². The molecule has 1 atom stereocenters. The fourth-order valence-corrected chi connectivity index (χ4v) is 1.49. The van der Waals surface area contributed by atoms with Gasteiger partial charge in [0.25, 0.3) is 0 Å². The standard InChI is InChI=1S/C12H24N2O3/c1-12(2,3)10(11(16)17)14-9(15)7-5-4-6-8-13/h10H,4-8,13H2,1-3H3,(H,14,15)(H,16,17). The summed E-state index contributed by atoms with van der Waals surface area (Å²) in [5.74, 6) is -1.20. The molecule has 5 nitrogen and oxygen atoms in total. The van der Waals surface area contributed by atoms with Gasteiger partial charge in [0.15, 0.2) is 0 Å². The van der Waals surface area contributed by atoms with Crippen LogP contribution < -0.4 is 11.1 Å². The third-order valence-electron chi connectivity index (χ3n) is 2.53. The van der Waals surface area contributed by atoms with Crippen LogP contribution in [0.2, 0.25) is 0 Å². The van der Waals surface area contributed by atoms with Crippen molar-refractivity contribution in [3.63, 3.8) is 0 Å². The fourth-order valence-electron chi connectivity index (χ4n) is 1.49. The molecule has 0 heterocycles. The summed E-state index contributed by atoms with van der Waals surface area (Å²) in [7, 11) is 0. The maximum atomic E-state index is 11.6. The lowest BCUT2D eigenvalue weighted by molar-refractivity contribution is -0.144. The van der Waals surface area contributed by atoms with Crippen molar-refractivity contribution in [2.45, 2.75) is 52.5 Å². The smallest absolute Gasteiger partial charge is 0.326 e. The SMILES string of the molecule is CC(C)(C)C(NC(=O)CCCCCN)C(=O)O. The zero-order chi connectivity index (χ0) is 13.5. The number of amides is 1. The van der Waals surface area contributed by atoms with E-state index in [4.69, 9.17) is 10.8 Å². The second kappa shape index (κ2) is 7.27. The molecule has 1 amide bonds. The first-order chi connectivity index (χ1) is 7.79. The molecule has 0 saturated carbocycles. The molecule has 100 valence electrons. The summed E-state index contributed by atoms with van der Waals surface area (Å²) < 4.78 is 0. The first-order valence-electron chi connectivity index (χ1n) is 6.01. The Labute approximate surface area is 103 Å². The van der Waals surface area contributed by atoms with Crippen LogP contribution in [0.15, 0.2) is 0 Å². The molecule has 0 saturated heterocycles. The first kappa shape index (κ1) is 15.9. The molecule has 0 radical (unpaired) electrons. The van der Waals surface area contributed by atoms with Gasteiger partial charge in [0, 0.05) is 6.42 Å². The van der Waals surface area contributed by atoms with Gasteiger partial charge in [-0.1, -0.05) is 27.2 Å². The van der Waals surface area contributed by atoms with Gasteiger partial charge < -0.3 is 16.2 Å². The van der Waals surface area contributed by atoms with Gasteiger partial charge in [-0.05, 0) is 24.8 Å². The monoisotopic (exact) mass is 244 g/mol. The maximum absolute atomic E-state index is 11.6. The molecule has 5 heteroatoms. The van der Waals surface area contributed by atoms with E-state index in [0.29, 0.717) is 13.0 Å². The first-order valence-corrected chi connectivity index (χ1v) is 6.01. The Balaban J connectivity index is 4.11. The molecule has 4 N–H and O–H groups in total. The number of carboxylic acids is 1. The molecule has 0 bridgehead atoms. The highest BCUT2D eigenvalue weighted by Gasteiger charge is 2.32. The minimum atomic E-state index is -0.993. The molecular formula is C12H24N2O3. The normalized spacial score (nSPS) is 13.2. The van der Waals surface area contributed by atoms with Crippen molar-refractivity contribution in [3.8, 4) is 0 Å². The van der Waals surface area contributed by atoms with Crippen LogP contribution in [0.5, 0.6) is 0 Å². The zero-order valence-electron chi connectivity index (χ0n) is 11.0. The number of carboxylic acid groups (broad SMARTS) is 1. The van der Waals surface area contributed by atoms with E-state index in [0.717, 1.165) is 19.3 Å². The van der Waals surface area contributed by atoms with E-state index in [1.807, 2.05) is 0 Å². The second-order valence-corrected chi connectivity index (χ2v) is 5.30. The van der Waals surface area contributed by atoms with Crippen molar-refractivity contribution in [1.29, 1.82) is 0 Å². The van der Waals surface area contributed by atoms with E-state index in [1.54, 1.807) is 20.8 Å². The Morgan fingerprint density at radius 2 is 1.82 bits per heavy atom. The third kappa shape index (κ3) is 6.94. The summed E-state index contributed by atoms with van der Waals surface area (Å²) >= 11 is 0. The quantitative estimate of drug-likeness (QED) is 0.585. The van der Waals surface area contributed by atoms with Gasteiger partial charge in [0.05, 0.1) is 0 Å². The van der Waals surface area contributed by atoms with Crippen molar-refractivity contribution < 1.29 is 14.7 Å². The van der Waals surface area contributed by atoms with E-state index in [1.165, 1.54) is 0 Å². The lowest BCUT2D eigenvalue weighted by Gasteiger charge is -2.27. The molecule has 0 aromatic heterocycles. The van der Waals surface area contributed by atoms with Crippen LogP contribution in [0.1, 0.15) is 46.5 Å². The van der Waals surface area contributed by atoms with E-state index >= 15 is 0 Å². The summed E-state index contributed by atoms with van der Waals surface area (Å²) in [5, 5.41) is 11.6. The van der Waals surface area contributed by atoms with Crippen LogP contribution in [-0.2, 0) is 9.59 Å². The van der Waals surface area contributed by atoms with Gasteiger partial charge in [-0.15, -0.1) is 0 Å². The highest BCUT2D eigenvalue weighted by molar-refractivity contribution is 5.84. The van der Waals surface area contributed by atoms with Crippen LogP contribution >= 0.6 is 0 Å². The number of carbonyl (C=O) groups excluding carboxylic acids is 1. The van der Waals surface area contributed by atoms with Gasteiger partial charge in [0.1, 0.15) is 6.04 Å². The molecule has 0 spiro atoms. The van der Waals surface area contributed by atoms with Crippen molar-refractivity contribution in [2.75, 3.05) is 6.54 Å². The number of carbonyl (C=O) groups is 2. The molecule has 0 aromatic rings. The molecule has 0 aromatic carbocycles. The summed E-state index contributed by atoms with van der Waals surface area (Å²) in [6.45, 7) is 6.00. The highest BCUT2D eigenvalue weighted by Crippen LogP contribution is 2.19. The average molecular weight is 244 g/mol. The molecule has 1 unspecified atom stereocenters. The summed E-state index contributed by atoms with van der Waals surface area (Å²) in [5.41, 5.74) is 4.86. The van der Waals surface area contributed by atoms with Crippen molar-refractivity contribution >= 4 is 11.9 Å². The Morgan fingerprint density at radius 1 is 1.24 bits per heavy atom. The Hall–Kier alpha value is -1.10. The molecule has 0 rings (SSSR count). The summed E-state index contributed by atoms with van der Waals surface area (Å²) in [6, 6.07) is -0.843. The molecule has 0 fully saturated rings. The summed E-state index contributed by atoms with van der Waals surface area (Å²) in [4.78, 5) is 22.6. The summed E-state index contributed by atoms with van der Waals surface area (Å²) in [6.07, 6.45) is 2.91. The Morgan fingerprint density at radius 3 is 2.24 bits per heavy atom. The second-order valence-electron chi connectivity index (χ2n) is 5.30. The topological polar surface area (TPSA) is 92.4 Å². The van der Waals surface area contributed by atoms with E-state index in [9.17, 15) is 9.59 Å². The minimum absolute atomic E-state index is 0.204. The van der Waals surface area contributed by atoms with Crippen molar-refractivity contribution in [3.05, 3.63) is 0 Å². The largest absolute Gasteiger partial charge is 0.480 e. The molecule has 0 aliphatic rings. The van der Waals surface area contributed by atoms with Crippen molar-refractivity contribution in [1.82, 2.24) is 5.32 Å². The lowest BCUT2D eigenvalue weighted by atomic mass is 9.86. The lowest BCUT2D eigenvalue weighted by Crippen LogP contribution is -2.49.